The molecule has 0 saturated carbocycles. The highest BCUT2D eigenvalue weighted by Crippen LogP contribution is 2.26. The third kappa shape index (κ3) is 5.21. The average molecular weight is 425 g/mol. The molecule has 3 rings (SSSR count). The Morgan fingerprint density at radius 3 is 2.50 bits per heavy atom. The predicted octanol–water partition coefficient (Wildman–Crippen LogP) is 4.42. The van der Waals surface area contributed by atoms with Crippen LogP contribution in [0.3, 0.4) is 0 Å². The van der Waals surface area contributed by atoms with E-state index in [2.05, 4.69) is 40.7 Å². The summed E-state index contributed by atoms with van der Waals surface area (Å²) in [7, 11) is 1.82. The fourth-order valence-electron chi connectivity index (χ4n) is 3.16. The lowest BCUT2D eigenvalue weighted by atomic mass is 10.1. The van der Waals surface area contributed by atoms with Gasteiger partial charge in [0, 0.05) is 25.7 Å². The maximum Gasteiger partial charge on any atom is 0.233 e. The minimum absolute atomic E-state index is 0.0528. The van der Waals surface area contributed by atoms with Crippen LogP contribution in [-0.4, -0.2) is 45.0 Å². The fourth-order valence-corrected chi connectivity index (χ4v) is 4.10. The van der Waals surface area contributed by atoms with Gasteiger partial charge in [0.05, 0.1) is 12.4 Å². The summed E-state index contributed by atoms with van der Waals surface area (Å²) in [5, 5.41) is 9.49. The molecule has 0 radical (unpaired) electrons. The van der Waals surface area contributed by atoms with Gasteiger partial charge in [0.15, 0.2) is 11.0 Å². The number of nitrogens with zero attached hydrogens (tertiary/aromatic N) is 4. The van der Waals surface area contributed by atoms with Crippen LogP contribution in [0.25, 0.3) is 11.4 Å². The number of carbonyl (C=O) groups is 1. The van der Waals surface area contributed by atoms with Crippen LogP contribution in [-0.2, 0) is 17.9 Å². The molecule has 2 aromatic carbocycles. The zero-order valence-corrected chi connectivity index (χ0v) is 18.8. The van der Waals surface area contributed by atoms with E-state index in [1.807, 2.05) is 50.4 Å². The molecule has 0 fully saturated rings. The van der Waals surface area contributed by atoms with Crippen LogP contribution >= 0.6 is 11.8 Å². The highest BCUT2D eigenvalue weighted by molar-refractivity contribution is 7.99. The van der Waals surface area contributed by atoms with E-state index < -0.39 is 0 Å². The van der Waals surface area contributed by atoms with Gasteiger partial charge in [-0.1, -0.05) is 48.2 Å². The van der Waals surface area contributed by atoms with Gasteiger partial charge >= 0.3 is 0 Å². The topological polar surface area (TPSA) is 60.2 Å². The van der Waals surface area contributed by atoms with Crippen LogP contribution in [0.5, 0.6) is 5.75 Å². The maximum atomic E-state index is 12.6. The Bertz CT molecular complexity index is 985. The molecule has 0 spiro atoms. The quantitative estimate of drug-likeness (QED) is 0.476. The summed E-state index contributed by atoms with van der Waals surface area (Å²) in [6.07, 6.45) is 0. The molecule has 0 N–H and O–H groups in total. The van der Waals surface area contributed by atoms with Crippen molar-refractivity contribution in [2.75, 3.05) is 19.4 Å². The van der Waals surface area contributed by atoms with E-state index in [0.29, 0.717) is 18.9 Å². The molecule has 1 amide bonds. The number of hydrogen-bond donors (Lipinski definition) is 0. The number of ether oxygens (including phenoxy) is 1. The van der Waals surface area contributed by atoms with Crippen molar-refractivity contribution in [2.24, 2.45) is 0 Å². The standard InChI is InChI=1S/C23H28N4O2S/c1-5-27-22(20-10-8-7-9-17(20)3)24-25-23(27)30-16-21(28)26(4)15-18-11-13-19(14-12-18)29-6-2/h7-14H,5-6,15-16H2,1-4H3. The third-order valence-electron chi connectivity index (χ3n) is 4.82. The van der Waals surface area contributed by atoms with Crippen LogP contribution in [0.2, 0.25) is 0 Å². The highest BCUT2D eigenvalue weighted by Gasteiger charge is 2.17. The lowest BCUT2D eigenvalue weighted by Gasteiger charge is -2.17. The van der Waals surface area contributed by atoms with Gasteiger partial charge in [-0.25, -0.2) is 0 Å². The second kappa shape index (κ2) is 10.3. The van der Waals surface area contributed by atoms with Crippen molar-refractivity contribution in [1.82, 2.24) is 19.7 Å². The molecule has 0 unspecified atom stereocenters. The molecule has 6 nitrogen and oxygen atoms in total. The van der Waals surface area contributed by atoms with E-state index >= 15 is 0 Å². The molecule has 0 bridgehead atoms. The molecular formula is C23H28N4O2S. The van der Waals surface area contributed by atoms with Crippen LogP contribution in [0.1, 0.15) is 25.0 Å². The second-order valence-electron chi connectivity index (χ2n) is 6.98. The Morgan fingerprint density at radius 2 is 1.83 bits per heavy atom. The SMILES string of the molecule is CCOc1ccc(CN(C)C(=O)CSc2nnc(-c3ccccc3C)n2CC)cc1. The second-order valence-corrected chi connectivity index (χ2v) is 7.92. The Hall–Kier alpha value is -2.80. The number of carbonyl (C=O) groups excluding carboxylic acids is 1. The van der Waals surface area contributed by atoms with Crippen LogP contribution in [0.15, 0.2) is 53.7 Å². The molecule has 1 aromatic heterocycles. The Labute approximate surface area is 182 Å². The van der Waals surface area contributed by atoms with Gasteiger partial charge in [-0.2, -0.15) is 0 Å². The summed E-state index contributed by atoms with van der Waals surface area (Å²) in [4.78, 5) is 14.4. The molecule has 0 aliphatic heterocycles. The lowest BCUT2D eigenvalue weighted by Crippen LogP contribution is -2.27. The van der Waals surface area contributed by atoms with Crippen molar-refractivity contribution in [1.29, 1.82) is 0 Å². The minimum atomic E-state index is 0.0528. The number of thioether (sulfide) groups is 1. The summed E-state index contributed by atoms with van der Waals surface area (Å²) < 4.78 is 7.53. The number of benzene rings is 2. The first-order valence-electron chi connectivity index (χ1n) is 10.1. The molecule has 30 heavy (non-hydrogen) atoms. The molecule has 0 saturated heterocycles. The maximum absolute atomic E-state index is 12.6. The van der Waals surface area contributed by atoms with E-state index in [1.54, 1.807) is 4.90 Å². The minimum Gasteiger partial charge on any atom is -0.494 e. The number of aromatic nitrogens is 3. The number of aryl methyl sites for hydroxylation is 1. The van der Waals surface area contributed by atoms with Crippen LogP contribution in [0, 0.1) is 6.92 Å². The van der Waals surface area contributed by atoms with Gasteiger partial charge in [0.1, 0.15) is 5.75 Å². The summed E-state index contributed by atoms with van der Waals surface area (Å²) in [5.41, 5.74) is 3.29. The normalized spacial score (nSPS) is 10.8. The van der Waals surface area contributed by atoms with Crippen molar-refractivity contribution >= 4 is 17.7 Å². The van der Waals surface area contributed by atoms with Gasteiger partial charge in [-0.05, 0) is 44.0 Å². The van der Waals surface area contributed by atoms with Crippen molar-refractivity contribution in [3.63, 3.8) is 0 Å². The Morgan fingerprint density at radius 1 is 1.10 bits per heavy atom. The Balaban J connectivity index is 1.62. The van der Waals surface area contributed by atoms with Crippen molar-refractivity contribution in [2.45, 2.75) is 39.0 Å². The first-order chi connectivity index (χ1) is 14.5. The first kappa shape index (κ1) is 21.9. The average Bonchev–Trinajstić information content (AvgIpc) is 3.16. The monoisotopic (exact) mass is 424 g/mol. The summed E-state index contributed by atoms with van der Waals surface area (Å²) in [6.45, 7) is 8.03. The molecular weight excluding hydrogens is 396 g/mol. The van der Waals surface area contributed by atoms with Crippen molar-refractivity contribution < 1.29 is 9.53 Å². The van der Waals surface area contributed by atoms with Gasteiger partial charge < -0.3 is 14.2 Å². The zero-order chi connectivity index (χ0) is 21.5. The zero-order valence-electron chi connectivity index (χ0n) is 18.0. The van der Waals surface area contributed by atoms with Gasteiger partial charge in [0.2, 0.25) is 5.91 Å². The molecule has 1 heterocycles. The lowest BCUT2D eigenvalue weighted by molar-refractivity contribution is -0.127. The largest absolute Gasteiger partial charge is 0.494 e. The molecule has 7 heteroatoms. The number of hydrogen-bond acceptors (Lipinski definition) is 5. The third-order valence-corrected chi connectivity index (χ3v) is 5.78. The molecule has 0 atom stereocenters. The number of amides is 1. The molecule has 3 aromatic rings. The molecule has 0 aliphatic rings. The van der Waals surface area contributed by atoms with Gasteiger partial charge in [-0.3, -0.25) is 4.79 Å². The van der Waals surface area contributed by atoms with E-state index in [0.717, 1.165) is 40.0 Å². The van der Waals surface area contributed by atoms with Crippen LogP contribution in [0.4, 0.5) is 0 Å². The molecule has 158 valence electrons. The van der Waals surface area contributed by atoms with Crippen molar-refractivity contribution in [3.05, 3.63) is 59.7 Å². The Kier molecular flexibility index (Phi) is 7.52. The molecule has 0 aliphatic carbocycles. The smallest absolute Gasteiger partial charge is 0.233 e. The van der Waals surface area contributed by atoms with Crippen LogP contribution < -0.4 is 4.74 Å². The van der Waals surface area contributed by atoms with E-state index in [1.165, 1.54) is 11.8 Å². The van der Waals surface area contributed by atoms with Gasteiger partial charge in [-0.15, -0.1) is 10.2 Å². The summed E-state index contributed by atoms with van der Waals surface area (Å²) >= 11 is 1.43. The van der Waals surface area contributed by atoms with E-state index in [9.17, 15) is 4.79 Å². The predicted molar refractivity (Wildman–Crippen MR) is 121 cm³/mol. The number of rotatable bonds is 9. The summed E-state index contributed by atoms with van der Waals surface area (Å²) in [5.74, 6) is 2.05. The first-order valence-corrected chi connectivity index (χ1v) is 11.1. The highest BCUT2D eigenvalue weighted by atomic mass is 32.2. The summed E-state index contributed by atoms with van der Waals surface area (Å²) in [6, 6.07) is 16.0. The van der Waals surface area contributed by atoms with E-state index in [-0.39, 0.29) is 5.91 Å². The fraction of sp³-hybridized carbons (Fsp3) is 0.348. The van der Waals surface area contributed by atoms with Crippen molar-refractivity contribution in [3.8, 4) is 17.1 Å². The van der Waals surface area contributed by atoms with Gasteiger partial charge in [0.25, 0.3) is 0 Å². The van der Waals surface area contributed by atoms with E-state index in [4.69, 9.17) is 4.74 Å².